The molecular formula is C21H21N5O. The Balaban J connectivity index is 1.66. The minimum atomic E-state index is 0.626. The van der Waals surface area contributed by atoms with Crippen molar-refractivity contribution in [3.8, 4) is 22.5 Å². The number of nitrogens with zero attached hydrogens (tertiary/aromatic N) is 5. The quantitative estimate of drug-likeness (QED) is 0.556. The zero-order valence-electron chi connectivity index (χ0n) is 15.2. The number of likely N-dealkylation sites (tertiary alicyclic amines) is 1. The average molecular weight is 359 g/mol. The van der Waals surface area contributed by atoms with Gasteiger partial charge in [-0.25, -0.2) is 9.61 Å². The minimum Gasteiger partial charge on any atom is -0.330 e. The predicted molar refractivity (Wildman–Crippen MR) is 104 cm³/mol. The summed E-state index contributed by atoms with van der Waals surface area (Å²) in [4.78, 5) is 7.18. The van der Waals surface area contributed by atoms with Gasteiger partial charge in [-0.1, -0.05) is 42.5 Å². The molecule has 27 heavy (non-hydrogen) atoms. The van der Waals surface area contributed by atoms with Crippen molar-refractivity contribution < 1.29 is 4.63 Å². The van der Waals surface area contributed by atoms with Gasteiger partial charge < -0.3 is 9.47 Å². The third-order valence-corrected chi connectivity index (χ3v) is 5.37. The van der Waals surface area contributed by atoms with Crippen LogP contribution in [0, 0.1) is 5.92 Å². The molecule has 1 atom stereocenters. The molecule has 1 saturated heterocycles. The summed E-state index contributed by atoms with van der Waals surface area (Å²) in [6.45, 7) is 3.22. The summed E-state index contributed by atoms with van der Waals surface area (Å²) >= 11 is 0. The van der Waals surface area contributed by atoms with E-state index in [1.807, 2.05) is 36.7 Å². The van der Waals surface area contributed by atoms with E-state index in [1.54, 1.807) is 0 Å². The molecule has 1 fully saturated rings. The van der Waals surface area contributed by atoms with Crippen molar-refractivity contribution in [1.29, 1.82) is 0 Å². The number of aromatic nitrogens is 4. The Bertz CT molecular complexity index is 1070. The lowest BCUT2D eigenvalue weighted by atomic mass is 10.0. The molecule has 0 spiro atoms. The van der Waals surface area contributed by atoms with E-state index >= 15 is 0 Å². The fourth-order valence-electron chi connectivity index (χ4n) is 4.06. The monoisotopic (exact) mass is 359 g/mol. The van der Waals surface area contributed by atoms with Crippen LogP contribution < -0.4 is 0 Å². The number of imidazole rings is 1. The van der Waals surface area contributed by atoms with Gasteiger partial charge in [0.25, 0.3) is 0 Å². The largest absolute Gasteiger partial charge is 0.330 e. The average Bonchev–Trinajstić information content (AvgIpc) is 3.42. The maximum absolute atomic E-state index is 5.00. The number of hydrogen-bond acceptors (Lipinski definition) is 5. The fourth-order valence-corrected chi connectivity index (χ4v) is 4.06. The molecule has 0 amide bonds. The van der Waals surface area contributed by atoms with E-state index in [1.165, 1.54) is 6.42 Å². The molecule has 0 saturated carbocycles. The lowest BCUT2D eigenvalue weighted by Gasteiger charge is -2.15. The van der Waals surface area contributed by atoms with E-state index in [0.29, 0.717) is 5.92 Å². The first-order valence-corrected chi connectivity index (χ1v) is 9.30. The molecule has 5 rings (SSSR count). The molecule has 3 heterocycles. The normalized spacial score (nSPS) is 17.7. The van der Waals surface area contributed by atoms with Crippen molar-refractivity contribution in [1.82, 2.24) is 24.8 Å². The van der Waals surface area contributed by atoms with Gasteiger partial charge in [0.1, 0.15) is 11.0 Å². The summed E-state index contributed by atoms with van der Waals surface area (Å²) in [6.07, 6.45) is 3.17. The van der Waals surface area contributed by atoms with Gasteiger partial charge in [-0.15, -0.1) is 0 Å². The minimum absolute atomic E-state index is 0.626. The van der Waals surface area contributed by atoms with Crippen molar-refractivity contribution in [2.45, 2.75) is 13.0 Å². The van der Waals surface area contributed by atoms with E-state index in [9.17, 15) is 0 Å². The smallest absolute Gasteiger partial charge is 0.144 e. The first kappa shape index (κ1) is 16.2. The Morgan fingerprint density at radius 2 is 1.96 bits per heavy atom. The van der Waals surface area contributed by atoms with Crippen LogP contribution in [0.5, 0.6) is 0 Å². The Morgan fingerprint density at radius 1 is 1.07 bits per heavy atom. The van der Waals surface area contributed by atoms with Crippen LogP contribution in [0.3, 0.4) is 0 Å². The van der Waals surface area contributed by atoms with Crippen LogP contribution in [0.25, 0.3) is 33.5 Å². The molecule has 4 aromatic rings. The van der Waals surface area contributed by atoms with E-state index in [0.717, 1.165) is 53.2 Å². The van der Waals surface area contributed by atoms with Crippen LogP contribution in [0.15, 0.2) is 59.5 Å². The molecule has 0 radical (unpaired) electrons. The Morgan fingerprint density at radius 3 is 2.78 bits per heavy atom. The van der Waals surface area contributed by atoms with Crippen LogP contribution in [0.4, 0.5) is 0 Å². The maximum atomic E-state index is 5.00. The van der Waals surface area contributed by atoms with Gasteiger partial charge in [-0.2, -0.15) is 0 Å². The Hall–Kier alpha value is -2.99. The summed E-state index contributed by atoms with van der Waals surface area (Å²) in [7, 11) is 2.19. The maximum Gasteiger partial charge on any atom is 0.144 e. The van der Waals surface area contributed by atoms with Gasteiger partial charge in [-0.3, -0.25) is 0 Å². The van der Waals surface area contributed by atoms with E-state index in [2.05, 4.69) is 45.0 Å². The number of rotatable bonds is 4. The van der Waals surface area contributed by atoms with Crippen molar-refractivity contribution >= 4 is 11.0 Å². The summed E-state index contributed by atoms with van der Waals surface area (Å²) < 4.78 is 7.27. The second-order valence-corrected chi connectivity index (χ2v) is 7.31. The highest BCUT2D eigenvalue weighted by Gasteiger charge is 2.24. The number of fused-ring (bicyclic) bond motifs is 1. The van der Waals surface area contributed by atoms with Gasteiger partial charge in [0, 0.05) is 24.2 Å². The third kappa shape index (κ3) is 2.92. The Labute approximate surface area is 157 Å². The zero-order valence-corrected chi connectivity index (χ0v) is 15.2. The van der Waals surface area contributed by atoms with Crippen LogP contribution in [0.2, 0.25) is 0 Å². The number of hydrogen-bond donors (Lipinski definition) is 0. The first-order chi connectivity index (χ1) is 13.3. The molecule has 6 heteroatoms. The van der Waals surface area contributed by atoms with Crippen molar-refractivity contribution in [3.05, 3.63) is 54.9 Å². The van der Waals surface area contributed by atoms with Gasteiger partial charge in [-0.05, 0) is 42.3 Å². The lowest BCUT2D eigenvalue weighted by Crippen LogP contribution is -2.17. The molecule has 0 bridgehead atoms. The summed E-state index contributed by atoms with van der Waals surface area (Å²) in [5.74, 6) is 0.626. The molecule has 0 N–H and O–H groups in total. The SMILES string of the molecule is CN1CC[C@@H](Cn2cnc(-c3ccccc3)c2-c2cccc3nonc23)C1. The van der Waals surface area contributed by atoms with Gasteiger partial charge >= 0.3 is 0 Å². The van der Waals surface area contributed by atoms with E-state index in [4.69, 9.17) is 9.61 Å². The number of benzene rings is 2. The first-order valence-electron chi connectivity index (χ1n) is 9.30. The topological polar surface area (TPSA) is 60.0 Å². The second kappa shape index (κ2) is 6.63. The summed E-state index contributed by atoms with van der Waals surface area (Å²) in [6, 6.07) is 16.3. The molecule has 0 unspecified atom stereocenters. The van der Waals surface area contributed by atoms with Gasteiger partial charge in [0.05, 0.1) is 17.7 Å². The van der Waals surface area contributed by atoms with Gasteiger partial charge in [0.15, 0.2) is 0 Å². The third-order valence-electron chi connectivity index (χ3n) is 5.37. The highest BCUT2D eigenvalue weighted by Crippen LogP contribution is 2.35. The van der Waals surface area contributed by atoms with Crippen molar-refractivity contribution in [2.24, 2.45) is 5.92 Å². The lowest BCUT2D eigenvalue weighted by molar-refractivity contribution is 0.315. The fraction of sp³-hybridized carbons (Fsp3) is 0.286. The molecule has 1 aliphatic rings. The van der Waals surface area contributed by atoms with Crippen LogP contribution in [0.1, 0.15) is 6.42 Å². The molecular weight excluding hydrogens is 338 g/mol. The molecule has 2 aromatic heterocycles. The molecule has 6 nitrogen and oxygen atoms in total. The standard InChI is InChI=1S/C21H21N5O/c1-25-11-10-15(12-25)13-26-14-22-19(16-6-3-2-4-7-16)21(26)17-8-5-9-18-20(17)24-27-23-18/h2-9,14-15H,10-13H2,1H3/t15-/m1/s1. The van der Waals surface area contributed by atoms with Gasteiger partial charge in [0.2, 0.25) is 0 Å². The van der Waals surface area contributed by atoms with E-state index < -0.39 is 0 Å². The molecule has 0 aliphatic carbocycles. The van der Waals surface area contributed by atoms with Crippen LogP contribution in [-0.4, -0.2) is 44.9 Å². The van der Waals surface area contributed by atoms with Crippen LogP contribution >= 0.6 is 0 Å². The second-order valence-electron chi connectivity index (χ2n) is 7.31. The summed E-state index contributed by atoms with van der Waals surface area (Å²) in [5, 5.41) is 8.17. The zero-order chi connectivity index (χ0) is 18.2. The highest BCUT2D eigenvalue weighted by molar-refractivity contribution is 5.94. The Kier molecular flexibility index (Phi) is 3.98. The van der Waals surface area contributed by atoms with Crippen molar-refractivity contribution in [3.63, 3.8) is 0 Å². The predicted octanol–water partition coefficient (Wildman–Crippen LogP) is 3.71. The highest BCUT2D eigenvalue weighted by atomic mass is 16.6. The van der Waals surface area contributed by atoms with Crippen molar-refractivity contribution in [2.75, 3.05) is 20.1 Å². The van der Waals surface area contributed by atoms with Crippen LogP contribution in [-0.2, 0) is 6.54 Å². The molecule has 2 aromatic carbocycles. The molecule has 1 aliphatic heterocycles. The summed E-state index contributed by atoms with van der Waals surface area (Å²) in [5.41, 5.74) is 5.70. The molecule has 136 valence electrons. The van der Waals surface area contributed by atoms with E-state index in [-0.39, 0.29) is 0 Å².